The lowest BCUT2D eigenvalue weighted by Crippen LogP contribution is -2.29. The van der Waals surface area contributed by atoms with Gasteiger partial charge in [0.2, 0.25) is 0 Å². The Bertz CT molecular complexity index is 312. The van der Waals surface area contributed by atoms with Crippen LogP contribution < -0.4 is 0 Å². The fraction of sp³-hybridized carbons (Fsp3) is 0.500. The van der Waals surface area contributed by atoms with Gasteiger partial charge in [-0.1, -0.05) is 12.1 Å². The van der Waals surface area contributed by atoms with Gasteiger partial charge < -0.3 is 4.74 Å². The van der Waals surface area contributed by atoms with Crippen LogP contribution in [0.1, 0.15) is 12.0 Å². The first kappa shape index (κ1) is 11.0. The van der Waals surface area contributed by atoms with Crippen LogP contribution >= 0.6 is 12.6 Å². The molecular weight excluding hydrogens is 211 g/mol. The molecule has 1 heterocycles. The lowest BCUT2D eigenvalue weighted by molar-refractivity contribution is 0.0596. The van der Waals surface area contributed by atoms with Gasteiger partial charge in [0.1, 0.15) is 5.82 Å². The minimum absolute atomic E-state index is 0.180. The molecular formula is C12H15FOS. The van der Waals surface area contributed by atoms with E-state index in [4.69, 9.17) is 4.74 Å². The van der Waals surface area contributed by atoms with E-state index in [1.165, 1.54) is 12.1 Å². The van der Waals surface area contributed by atoms with Gasteiger partial charge in [-0.25, -0.2) is 4.39 Å². The molecule has 1 fully saturated rings. The molecule has 0 N–H and O–H groups in total. The van der Waals surface area contributed by atoms with E-state index < -0.39 is 0 Å². The molecule has 15 heavy (non-hydrogen) atoms. The van der Waals surface area contributed by atoms with E-state index in [1.54, 1.807) is 0 Å². The quantitative estimate of drug-likeness (QED) is 0.763. The minimum Gasteiger partial charge on any atom is -0.381 e. The lowest BCUT2D eigenvalue weighted by atomic mass is 9.94. The van der Waals surface area contributed by atoms with Crippen molar-refractivity contribution >= 4 is 12.6 Å². The van der Waals surface area contributed by atoms with Crippen LogP contribution in [-0.2, 0) is 11.2 Å². The third-order valence-corrected chi connectivity index (χ3v) is 3.53. The van der Waals surface area contributed by atoms with Gasteiger partial charge >= 0.3 is 0 Å². The number of hydrogen-bond donors (Lipinski definition) is 1. The molecule has 1 aliphatic heterocycles. The summed E-state index contributed by atoms with van der Waals surface area (Å²) in [5.74, 6) is 0.272. The Morgan fingerprint density at radius 2 is 2.07 bits per heavy atom. The maximum Gasteiger partial charge on any atom is 0.123 e. The van der Waals surface area contributed by atoms with Crippen molar-refractivity contribution in [2.24, 2.45) is 5.92 Å². The van der Waals surface area contributed by atoms with Crippen LogP contribution in [0, 0.1) is 11.7 Å². The monoisotopic (exact) mass is 226 g/mol. The smallest absolute Gasteiger partial charge is 0.123 e. The van der Waals surface area contributed by atoms with Gasteiger partial charge in [-0.2, -0.15) is 12.6 Å². The summed E-state index contributed by atoms with van der Waals surface area (Å²) in [6.07, 6.45) is 1.93. The summed E-state index contributed by atoms with van der Waals surface area (Å²) in [4.78, 5) is 0. The largest absolute Gasteiger partial charge is 0.381 e. The molecule has 1 nitrogen and oxygen atoms in total. The molecule has 1 aliphatic rings. The molecule has 0 spiro atoms. The molecule has 1 saturated heterocycles. The van der Waals surface area contributed by atoms with E-state index in [2.05, 4.69) is 12.6 Å². The van der Waals surface area contributed by atoms with E-state index in [0.29, 0.717) is 11.2 Å². The molecule has 2 unspecified atom stereocenters. The highest BCUT2D eigenvalue weighted by Gasteiger charge is 2.22. The van der Waals surface area contributed by atoms with Gasteiger partial charge in [0.15, 0.2) is 0 Å². The zero-order chi connectivity index (χ0) is 10.7. The molecule has 2 atom stereocenters. The normalized spacial score (nSPS) is 26.5. The number of hydrogen-bond acceptors (Lipinski definition) is 2. The van der Waals surface area contributed by atoms with Crippen molar-refractivity contribution in [2.45, 2.75) is 18.1 Å². The predicted octanol–water partition coefficient (Wildman–Crippen LogP) is 2.70. The van der Waals surface area contributed by atoms with Gasteiger partial charge in [-0.3, -0.25) is 0 Å². The van der Waals surface area contributed by atoms with Gasteiger partial charge in [0.25, 0.3) is 0 Å². The third kappa shape index (κ3) is 2.95. The van der Waals surface area contributed by atoms with Crippen LogP contribution in [0.4, 0.5) is 4.39 Å². The Labute approximate surface area is 95.0 Å². The fourth-order valence-corrected chi connectivity index (χ4v) is 2.20. The standard InChI is InChI=1S/C12H15FOS/c13-11-3-1-9(2-4-11)7-10-8-14-6-5-12(10)15/h1-4,10,12,15H,5-8H2. The van der Waals surface area contributed by atoms with Gasteiger partial charge in [-0.15, -0.1) is 0 Å². The summed E-state index contributed by atoms with van der Waals surface area (Å²) in [6, 6.07) is 6.69. The molecule has 0 saturated carbocycles. The van der Waals surface area contributed by atoms with Crippen molar-refractivity contribution in [1.82, 2.24) is 0 Å². The zero-order valence-electron chi connectivity index (χ0n) is 8.53. The van der Waals surface area contributed by atoms with E-state index in [-0.39, 0.29) is 5.82 Å². The topological polar surface area (TPSA) is 9.23 Å². The zero-order valence-corrected chi connectivity index (χ0v) is 9.42. The molecule has 1 aromatic rings. The highest BCUT2D eigenvalue weighted by molar-refractivity contribution is 7.81. The first-order valence-electron chi connectivity index (χ1n) is 5.26. The molecule has 0 amide bonds. The first-order chi connectivity index (χ1) is 7.25. The van der Waals surface area contributed by atoms with Gasteiger partial charge in [0, 0.05) is 11.9 Å². The highest BCUT2D eigenvalue weighted by Crippen LogP contribution is 2.23. The summed E-state index contributed by atoms with van der Waals surface area (Å²) in [6.45, 7) is 1.58. The van der Waals surface area contributed by atoms with Crippen LogP contribution in [0.2, 0.25) is 0 Å². The summed E-state index contributed by atoms with van der Waals surface area (Å²) in [7, 11) is 0. The van der Waals surface area contributed by atoms with E-state index in [1.807, 2.05) is 12.1 Å². The average molecular weight is 226 g/mol. The molecule has 0 aliphatic carbocycles. The number of halogens is 1. The van der Waals surface area contributed by atoms with Gasteiger partial charge in [-0.05, 0) is 36.5 Å². The average Bonchev–Trinajstić information content (AvgIpc) is 2.25. The predicted molar refractivity (Wildman–Crippen MR) is 61.8 cm³/mol. The minimum atomic E-state index is -0.180. The van der Waals surface area contributed by atoms with Crippen LogP contribution in [0.25, 0.3) is 0 Å². The molecule has 82 valence electrons. The summed E-state index contributed by atoms with van der Waals surface area (Å²) in [5.41, 5.74) is 1.16. The second-order valence-electron chi connectivity index (χ2n) is 4.02. The summed E-state index contributed by atoms with van der Waals surface area (Å²) in [5, 5.41) is 0.406. The number of ether oxygens (including phenoxy) is 1. The van der Waals surface area contributed by atoms with Crippen molar-refractivity contribution in [2.75, 3.05) is 13.2 Å². The lowest BCUT2D eigenvalue weighted by Gasteiger charge is -2.28. The Morgan fingerprint density at radius 3 is 2.73 bits per heavy atom. The first-order valence-corrected chi connectivity index (χ1v) is 5.77. The van der Waals surface area contributed by atoms with Crippen LogP contribution in [0.3, 0.4) is 0 Å². The molecule has 0 radical (unpaired) electrons. The molecule has 0 aromatic heterocycles. The third-order valence-electron chi connectivity index (χ3n) is 2.85. The maximum atomic E-state index is 12.7. The van der Waals surface area contributed by atoms with Crippen molar-refractivity contribution in [1.29, 1.82) is 0 Å². The van der Waals surface area contributed by atoms with E-state index in [0.717, 1.165) is 31.6 Å². The Morgan fingerprint density at radius 1 is 1.33 bits per heavy atom. The van der Waals surface area contributed by atoms with Crippen LogP contribution in [0.5, 0.6) is 0 Å². The number of rotatable bonds is 2. The van der Waals surface area contributed by atoms with Crippen LogP contribution in [0.15, 0.2) is 24.3 Å². The molecule has 1 aromatic carbocycles. The Kier molecular flexibility index (Phi) is 3.65. The SMILES string of the molecule is Fc1ccc(CC2COCCC2S)cc1. The van der Waals surface area contributed by atoms with E-state index >= 15 is 0 Å². The van der Waals surface area contributed by atoms with Crippen molar-refractivity contribution in [3.8, 4) is 0 Å². The second-order valence-corrected chi connectivity index (χ2v) is 4.68. The summed E-state index contributed by atoms with van der Waals surface area (Å²) >= 11 is 4.55. The van der Waals surface area contributed by atoms with E-state index in [9.17, 15) is 4.39 Å². The number of thiol groups is 1. The van der Waals surface area contributed by atoms with Crippen LogP contribution in [-0.4, -0.2) is 18.5 Å². The molecule has 2 rings (SSSR count). The fourth-order valence-electron chi connectivity index (χ4n) is 1.90. The second kappa shape index (κ2) is 4.99. The Balaban J connectivity index is 1.98. The highest BCUT2D eigenvalue weighted by atomic mass is 32.1. The Hall–Kier alpha value is -0.540. The number of benzene rings is 1. The maximum absolute atomic E-state index is 12.7. The van der Waals surface area contributed by atoms with Gasteiger partial charge in [0.05, 0.1) is 6.61 Å². The van der Waals surface area contributed by atoms with Crippen molar-refractivity contribution < 1.29 is 9.13 Å². The van der Waals surface area contributed by atoms with Crippen molar-refractivity contribution in [3.05, 3.63) is 35.6 Å². The molecule has 3 heteroatoms. The van der Waals surface area contributed by atoms with Crippen molar-refractivity contribution in [3.63, 3.8) is 0 Å². The molecule has 0 bridgehead atoms. The summed E-state index contributed by atoms with van der Waals surface area (Å²) < 4.78 is 18.1.